The minimum atomic E-state index is -3.59. The Labute approximate surface area is 123 Å². The first kappa shape index (κ1) is 15.5. The highest BCUT2D eigenvalue weighted by atomic mass is 35.5. The van der Waals surface area contributed by atoms with Gasteiger partial charge in [-0.3, -0.25) is 0 Å². The van der Waals surface area contributed by atoms with Gasteiger partial charge in [-0.1, -0.05) is 11.6 Å². The summed E-state index contributed by atoms with van der Waals surface area (Å²) in [6.45, 7) is 2.13. The van der Waals surface area contributed by atoms with Gasteiger partial charge in [0, 0.05) is 19.1 Å². The van der Waals surface area contributed by atoms with Crippen molar-refractivity contribution in [3.05, 3.63) is 23.2 Å². The fourth-order valence-electron chi connectivity index (χ4n) is 1.86. The highest BCUT2D eigenvalue weighted by Crippen LogP contribution is 2.26. The second kappa shape index (κ2) is 6.73. The highest BCUT2D eigenvalue weighted by molar-refractivity contribution is 7.89. The van der Waals surface area contributed by atoms with Crippen molar-refractivity contribution in [2.75, 3.05) is 33.4 Å². The number of halogens is 1. The SMILES string of the molecule is COc1ccc(S(=O)(=O)NCC2COCCN2)cc1Cl. The molecule has 2 N–H and O–H groups in total. The van der Waals surface area contributed by atoms with Crippen molar-refractivity contribution in [3.8, 4) is 5.75 Å². The fourth-order valence-corrected chi connectivity index (χ4v) is 3.29. The second-order valence-electron chi connectivity index (χ2n) is 4.37. The van der Waals surface area contributed by atoms with Crippen molar-refractivity contribution in [3.63, 3.8) is 0 Å². The third kappa shape index (κ3) is 3.83. The first-order valence-corrected chi connectivity index (χ1v) is 8.03. The second-order valence-corrected chi connectivity index (χ2v) is 6.55. The van der Waals surface area contributed by atoms with Crippen LogP contribution < -0.4 is 14.8 Å². The smallest absolute Gasteiger partial charge is 0.240 e. The van der Waals surface area contributed by atoms with Crippen LogP contribution in [0.4, 0.5) is 0 Å². The monoisotopic (exact) mass is 320 g/mol. The van der Waals surface area contributed by atoms with Crippen LogP contribution in [0.25, 0.3) is 0 Å². The summed E-state index contributed by atoms with van der Waals surface area (Å²) in [5.74, 6) is 0.438. The number of rotatable bonds is 5. The van der Waals surface area contributed by atoms with Crippen molar-refractivity contribution in [2.45, 2.75) is 10.9 Å². The molecule has 0 bridgehead atoms. The number of methoxy groups -OCH3 is 1. The maximum atomic E-state index is 12.1. The van der Waals surface area contributed by atoms with E-state index in [2.05, 4.69) is 10.0 Å². The van der Waals surface area contributed by atoms with Gasteiger partial charge in [0.15, 0.2) is 0 Å². The Balaban J connectivity index is 2.04. The van der Waals surface area contributed by atoms with E-state index in [9.17, 15) is 8.42 Å². The lowest BCUT2D eigenvalue weighted by Crippen LogP contribution is -2.48. The Bertz CT molecular complexity index is 559. The number of morpholine rings is 1. The molecule has 1 aromatic rings. The molecule has 6 nitrogen and oxygen atoms in total. The summed E-state index contributed by atoms with van der Waals surface area (Å²) in [6.07, 6.45) is 0. The summed E-state index contributed by atoms with van der Waals surface area (Å²) in [4.78, 5) is 0.111. The average molecular weight is 321 g/mol. The average Bonchev–Trinajstić information content (AvgIpc) is 2.46. The number of sulfonamides is 1. The van der Waals surface area contributed by atoms with Gasteiger partial charge >= 0.3 is 0 Å². The maximum Gasteiger partial charge on any atom is 0.240 e. The molecule has 1 saturated heterocycles. The standard InChI is InChI=1S/C12H17ClN2O4S/c1-18-12-3-2-10(6-11(12)13)20(16,17)15-7-9-8-19-5-4-14-9/h2-3,6,9,14-15H,4-5,7-8H2,1H3. The Morgan fingerprint density at radius 2 is 2.35 bits per heavy atom. The van der Waals surface area contributed by atoms with E-state index in [4.69, 9.17) is 21.1 Å². The quantitative estimate of drug-likeness (QED) is 0.831. The van der Waals surface area contributed by atoms with Crippen LogP contribution in [-0.4, -0.2) is 47.9 Å². The highest BCUT2D eigenvalue weighted by Gasteiger charge is 2.19. The molecule has 1 aromatic carbocycles. The van der Waals surface area contributed by atoms with Crippen LogP contribution in [-0.2, 0) is 14.8 Å². The number of hydrogen-bond acceptors (Lipinski definition) is 5. The summed E-state index contributed by atoms with van der Waals surface area (Å²) in [5.41, 5.74) is 0. The normalized spacial score (nSPS) is 19.8. The summed E-state index contributed by atoms with van der Waals surface area (Å²) < 4.78 is 37.1. The van der Waals surface area contributed by atoms with Gasteiger partial charge in [-0.15, -0.1) is 0 Å². The molecule has 112 valence electrons. The maximum absolute atomic E-state index is 12.1. The molecule has 2 rings (SSSR count). The number of nitrogens with one attached hydrogen (secondary N) is 2. The van der Waals surface area contributed by atoms with Gasteiger partial charge in [0.1, 0.15) is 5.75 Å². The third-order valence-electron chi connectivity index (χ3n) is 2.95. The summed E-state index contributed by atoms with van der Waals surface area (Å²) in [7, 11) is -2.12. The van der Waals surface area contributed by atoms with Gasteiger partial charge in [0.2, 0.25) is 10.0 Å². The van der Waals surface area contributed by atoms with E-state index in [-0.39, 0.29) is 22.5 Å². The lowest BCUT2D eigenvalue weighted by molar-refractivity contribution is 0.0784. The van der Waals surface area contributed by atoms with Crippen LogP contribution in [0, 0.1) is 0 Å². The molecule has 0 aliphatic carbocycles. The molecule has 1 heterocycles. The van der Waals surface area contributed by atoms with Crippen molar-refractivity contribution < 1.29 is 17.9 Å². The molecular formula is C12H17ClN2O4S. The zero-order valence-electron chi connectivity index (χ0n) is 11.1. The molecule has 8 heteroatoms. The minimum absolute atomic E-state index is 0.0211. The molecule has 0 aromatic heterocycles. The van der Waals surface area contributed by atoms with Crippen molar-refractivity contribution >= 4 is 21.6 Å². The zero-order chi connectivity index (χ0) is 14.6. The molecule has 1 aliphatic rings. The van der Waals surface area contributed by atoms with Gasteiger partial charge in [0.25, 0.3) is 0 Å². The van der Waals surface area contributed by atoms with E-state index < -0.39 is 10.0 Å². The number of ether oxygens (including phenoxy) is 2. The van der Waals surface area contributed by atoms with Gasteiger partial charge in [-0.05, 0) is 18.2 Å². The Morgan fingerprint density at radius 1 is 1.55 bits per heavy atom. The zero-order valence-corrected chi connectivity index (χ0v) is 12.6. The first-order valence-electron chi connectivity index (χ1n) is 6.17. The molecule has 0 amide bonds. The third-order valence-corrected chi connectivity index (χ3v) is 4.67. The number of hydrogen-bond donors (Lipinski definition) is 2. The first-order chi connectivity index (χ1) is 9.53. The lowest BCUT2D eigenvalue weighted by Gasteiger charge is -2.23. The summed E-state index contributed by atoms with van der Waals surface area (Å²) >= 11 is 5.93. The van der Waals surface area contributed by atoms with Gasteiger partial charge < -0.3 is 14.8 Å². The summed E-state index contributed by atoms with van der Waals surface area (Å²) in [5, 5.41) is 3.43. The van der Waals surface area contributed by atoms with Crippen LogP contribution >= 0.6 is 11.6 Å². The van der Waals surface area contributed by atoms with Crippen LogP contribution in [0.1, 0.15) is 0 Å². The predicted octanol–water partition coefficient (Wildman–Crippen LogP) is 0.615. The molecule has 0 radical (unpaired) electrons. The molecule has 20 heavy (non-hydrogen) atoms. The van der Waals surface area contributed by atoms with Crippen LogP contribution in [0.2, 0.25) is 5.02 Å². The molecule has 1 unspecified atom stereocenters. The minimum Gasteiger partial charge on any atom is -0.495 e. The lowest BCUT2D eigenvalue weighted by atomic mass is 10.3. The van der Waals surface area contributed by atoms with Crippen molar-refractivity contribution in [1.29, 1.82) is 0 Å². The molecule has 0 saturated carbocycles. The van der Waals surface area contributed by atoms with Gasteiger partial charge in [0.05, 0.1) is 30.2 Å². The predicted molar refractivity (Wildman–Crippen MR) is 75.8 cm³/mol. The van der Waals surface area contributed by atoms with Crippen molar-refractivity contribution in [1.82, 2.24) is 10.0 Å². The molecule has 1 fully saturated rings. The Kier molecular flexibility index (Phi) is 5.22. The molecule has 0 spiro atoms. The van der Waals surface area contributed by atoms with Gasteiger partial charge in [-0.25, -0.2) is 13.1 Å². The fraction of sp³-hybridized carbons (Fsp3) is 0.500. The van der Waals surface area contributed by atoms with Crippen LogP contribution in [0.5, 0.6) is 5.75 Å². The number of benzene rings is 1. The molecule has 1 atom stereocenters. The summed E-state index contributed by atoms with van der Waals surface area (Å²) in [6, 6.07) is 4.33. The molecular weight excluding hydrogens is 304 g/mol. The van der Waals surface area contributed by atoms with E-state index in [1.54, 1.807) is 0 Å². The van der Waals surface area contributed by atoms with Crippen LogP contribution in [0.3, 0.4) is 0 Å². The van der Waals surface area contributed by atoms with Crippen molar-refractivity contribution in [2.24, 2.45) is 0 Å². The molecule has 1 aliphatic heterocycles. The topological polar surface area (TPSA) is 76.7 Å². The van der Waals surface area contributed by atoms with E-state index >= 15 is 0 Å². The van der Waals surface area contributed by atoms with E-state index in [1.165, 1.54) is 25.3 Å². The van der Waals surface area contributed by atoms with E-state index in [1.807, 2.05) is 0 Å². The van der Waals surface area contributed by atoms with E-state index in [0.717, 1.165) is 6.54 Å². The Morgan fingerprint density at radius 3 is 2.95 bits per heavy atom. The largest absolute Gasteiger partial charge is 0.495 e. The van der Waals surface area contributed by atoms with Gasteiger partial charge in [-0.2, -0.15) is 0 Å². The Hall–Kier alpha value is -0.860. The van der Waals surface area contributed by atoms with Crippen LogP contribution in [0.15, 0.2) is 23.1 Å². The van der Waals surface area contributed by atoms with E-state index in [0.29, 0.717) is 19.0 Å².